The molecule has 1 fully saturated rings. The second-order valence-electron chi connectivity index (χ2n) is 5.51. The molecule has 1 saturated heterocycles. The Balaban J connectivity index is 1.80. The predicted molar refractivity (Wildman–Crippen MR) is 72.6 cm³/mol. The van der Waals surface area contributed by atoms with Gasteiger partial charge < -0.3 is 18.9 Å². The van der Waals surface area contributed by atoms with Crippen LogP contribution in [0.3, 0.4) is 0 Å². The Morgan fingerprint density at radius 3 is 2.26 bits per heavy atom. The Morgan fingerprint density at radius 1 is 1.11 bits per heavy atom. The van der Waals surface area contributed by atoms with E-state index in [0.29, 0.717) is 13.2 Å². The highest BCUT2D eigenvalue weighted by atomic mass is 16.8. The van der Waals surface area contributed by atoms with Crippen LogP contribution in [0.15, 0.2) is 24.3 Å². The van der Waals surface area contributed by atoms with Gasteiger partial charge in [-0.05, 0) is 45.0 Å². The maximum atomic E-state index is 5.89. The zero-order valence-electron chi connectivity index (χ0n) is 12.1. The first-order valence-electron chi connectivity index (χ1n) is 6.53. The van der Waals surface area contributed by atoms with Gasteiger partial charge in [0, 0.05) is 6.42 Å². The van der Waals surface area contributed by atoms with Crippen molar-refractivity contribution in [2.75, 3.05) is 20.3 Å². The Bertz CT molecular complexity index is 413. The molecule has 0 N–H and O–H groups in total. The zero-order chi connectivity index (χ0) is 13.9. The summed E-state index contributed by atoms with van der Waals surface area (Å²) in [5, 5.41) is 0. The van der Waals surface area contributed by atoms with E-state index in [4.69, 9.17) is 18.9 Å². The van der Waals surface area contributed by atoms with Gasteiger partial charge in [0.1, 0.15) is 11.5 Å². The number of hydrogen-bond acceptors (Lipinski definition) is 4. The van der Waals surface area contributed by atoms with Gasteiger partial charge in [0.25, 0.3) is 0 Å². The molecule has 0 saturated carbocycles. The molecule has 1 unspecified atom stereocenters. The summed E-state index contributed by atoms with van der Waals surface area (Å²) >= 11 is 0. The average Bonchev–Trinajstić information content (AvgIpc) is 2.65. The lowest BCUT2D eigenvalue weighted by atomic mass is 10.1. The number of hydrogen-bond donors (Lipinski definition) is 0. The van der Waals surface area contributed by atoms with Gasteiger partial charge in [0.15, 0.2) is 5.79 Å². The van der Waals surface area contributed by atoms with Crippen LogP contribution in [-0.2, 0) is 9.47 Å². The molecule has 1 aromatic carbocycles. The minimum Gasteiger partial charge on any atom is -0.497 e. The third kappa shape index (κ3) is 3.85. The van der Waals surface area contributed by atoms with Crippen LogP contribution in [0.2, 0.25) is 0 Å². The van der Waals surface area contributed by atoms with Crippen molar-refractivity contribution in [2.45, 2.75) is 38.6 Å². The predicted octanol–water partition coefficient (Wildman–Crippen LogP) is 3.01. The molecule has 1 aliphatic heterocycles. The van der Waals surface area contributed by atoms with Crippen molar-refractivity contribution in [1.29, 1.82) is 0 Å². The van der Waals surface area contributed by atoms with Crippen molar-refractivity contribution in [3.05, 3.63) is 24.3 Å². The van der Waals surface area contributed by atoms with Crippen LogP contribution in [0, 0.1) is 0 Å². The van der Waals surface area contributed by atoms with Crippen LogP contribution in [0.25, 0.3) is 0 Å². The van der Waals surface area contributed by atoms with Gasteiger partial charge in [-0.25, -0.2) is 0 Å². The first-order valence-corrected chi connectivity index (χ1v) is 6.53. The molecule has 2 rings (SSSR count). The standard InChI is InChI=1S/C15H22O4/c1-14(2)18-11-15(3,19-14)9-10-17-13-7-5-12(16-4)6-8-13/h5-8H,9-11H2,1-4H3. The molecule has 0 spiro atoms. The molecule has 19 heavy (non-hydrogen) atoms. The van der Waals surface area contributed by atoms with Gasteiger partial charge in [-0.3, -0.25) is 0 Å². The largest absolute Gasteiger partial charge is 0.497 e. The molecule has 0 bridgehead atoms. The Kier molecular flexibility index (Phi) is 4.02. The van der Waals surface area contributed by atoms with E-state index in [-0.39, 0.29) is 5.60 Å². The molecular formula is C15H22O4. The average molecular weight is 266 g/mol. The maximum Gasteiger partial charge on any atom is 0.163 e. The van der Waals surface area contributed by atoms with Crippen LogP contribution in [0.5, 0.6) is 11.5 Å². The molecular weight excluding hydrogens is 244 g/mol. The highest BCUT2D eigenvalue weighted by Crippen LogP contribution is 2.33. The van der Waals surface area contributed by atoms with Crippen LogP contribution in [0.1, 0.15) is 27.2 Å². The Labute approximate surface area is 114 Å². The highest BCUT2D eigenvalue weighted by molar-refractivity contribution is 5.31. The van der Waals surface area contributed by atoms with Crippen molar-refractivity contribution in [2.24, 2.45) is 0 Å². The van der Waals surface area contributed by atoms with Crippen molar-refractivity contribution in [3.63, 3.8) is 0 Å². The fourth-order valence-corrected chi connectivity index (χ4v) is 2.16. The molecule has 4 nitrogen and oxygen atoms in total. The van der Waals surface area contributed by atoms with Crippen molar-refractivity contribution < 1.29 is 18.9 Å². The van der Waals surface area contributed by atoms with E-state index in [1.165, 1.54) is 0 Å². The van der Waals surface area contributed by atoms with Crippen LogP contribution < -0.4 is 9.47 Å². The number of benzene rings is 1. The summed E-state index contributed by atoms with van der Waals surface area (Å²) < 4.78 is 22.3. The second kappa shape index (κ2) is 5.39. The summed E-state index contributed by atoms with van der Waals surface area (Å²) in [6.07, 6.45) is 0.794. The van der Waals surface area contributed by atoms with Gasteiger partial charge in [0.2, 0.25) is 0 Å². The number of rotatable bonds is 5. The summed E-state index contributed by atoms with van der Waals surface area (Å²) in [4.78, 5) is 0. The van der Waals surface area contributed by atoms with E-state index in [2.05, 4.69) is 6.92 Å². The lowest BCUT2D eigenvalue weighted by molar-refractivity contribution is -0.159. The number of methoxy groups -OCH3 is 1. The highest BCUT2D eigenvalue weighted by Gasteiger charge is 2.41. The molecule has 4 heteroatoms. The summed E-state index contributed by atoms with van der Waals surface area (Å²) in [5.41, 5.74) is -0.268. The van der Waals surface area contributed by atoms with Crippen LogP contribution in [-0.4, -0.2) is 31.7 Å². The zero-order valence-corrected chi connectivity index (χ0v) is 12.1. The first kappa shape index (κ1) is 14.2. The molecule has 0 aliphatic carbocycles. The lowest BCUT2D eigenvalue weighted by Gasteiger charge is -2.25. The lowest BCUT2D eigenvalue weighted by Crippen LogP contribution is -2.32. The molecule has 1 heterocycles. The van der Waals surface area contributed by atoms with Crippen molar-refractivity contribution in [3.8, 4) is 11.5 Å². The summed E-state index contributed by atoms with van der Waals surface area (Å²) in [6, 6.07) is 7.57. The number of ether oxygens (including phenoxy) is 4. The maximum absolute atomic E-state index is 5.89. The normalized spacial score (nSPS) is 25.3. The summed E-state index contributed by atoms with van der Waals surface area (Å²) in [7, 11) is 1.65. The molecule has 0 radical (unpaired) electrons. The third-order valence-electron chi connectivity index (χ3n) is 3.18. The smallest absolute Gasteiger partial charge is 0.163 e. The van der Waals surface area contributed by atoms with E-state index < -0.39 is 5.79 Å². The molecule has 1 aliphatic rings. The van der Waals surface area contributed by atoms with Gasteiger partial charge in [0.05, 0.1) is 25.9 Å². The molecule has 1 aromatic rings. The van der Waals surface area contributed by atoms with E-state index in [1.54, 1.807) is 7.11 Å². The summed E-state index contributed by atoms with van der Waals surface area (Å²) in [6.45, 7) is 7.12. The van der Waals surface area contributed by atoms with Crippen molar-refractivity contribution >= 4 is 0 Å². The first-order chi connectivity index (χ1) is 8.92. The fourth-order valence-electron chi connectivity index (χ4n) is 2.16. The minimum atomic E-state index is -0.491. The van der Waals surface area contributed by atoms with E-state index in [0.717, 1.165) is 17.9 Å². The Hall–Kier alpha value is -1.26. The van der Waals surface area contributed by atoms with Gasteiger partial charge >= 0.3 is 0 Å². The fraction of sp³-hybridized carbons (Fsp3) is 0.600. The van der Waals surface area contributed by atoms with E-state index in [1.807, 2.05) is 38.1 Å². The van der Waals surface area contributed by atoms with E-state index in [9.17, 15) is 0 Å². The molecule has 0 aromatic heterocycles. The molecule has 106 valence electrons. The minimum absolute atomic E-state index is 0.268. The second-order valence-corrected chi connectivity index (χ2v) is 5.51. The molecule has 1 atom stereocenters. The Morgan fingerprint density at radius 2 is 1.74 bits per heavy atom. The molecule has 0 amide bonds. The van der Waals surface area contributed by atoms with Gasteiger partial charge in [-0.2, -0.15) is 0 Å². The summed E-state index contributed by atoms with van der Waals surface area (Å²) in [5.74, 6) is 1.17. The monoisotopic (exact) mass is 266 g/mol. The van der Waals surface area contributed by atoms with Crippen LogP contribution >= 0.6 is 0 Å². The van der Waals surface area contributed by atoms with Crippen molar-refractivity contribution in [1.82, 2.24) is 0 Å². The quantitative estimate of drug-likeness (QED) is 0.821. The SMILES string of the molecule is COc1ccc(OCCC2(C)COC(C)(C)O2)cc1. The topological polar surface area (TPSA) is 36.9 Å². The third-order valence-corrected chi connectivity index (χ3v) is 3.18. The van der Waals surface area contributed by atoms with Gasteiger partial charge in [-0.1, -0.05) is 0 Å². The van der Waals surface area contributed by atoms with Crippen LogP contribution in [0.4, 0.5) is 0 Å². The van der Waals surface area contributed by atoms with Gasteiger partial charge in [-0.15, -0.1) is 0 Å². The van der Waals surface area contributed by atoms with E-state index >= 15 is 0 Å².